The van der Waals surface area contributed by atoms with Gasteiger partial charge in [-0.3, -0.25) is 19.7 Å². The largest absolute Gasteiger partial charge is 0.540 e. The molecular weight excluding hydrogens is 1010 g/mol. The summed E-state index contributed by atoms with van der Waals surface area (Å²) in [6, 6.07) is 7.24. The van der Waals surface area contributed by atoms with Gasteiger partial charge in [-0.2, -0.15) is 0 Å². The Morgan fingerprint density at radius 3 is 2.06 bits per heavy atom. The first kappa shape index (κ1) is 59.6. The summed E-state index contributed by atoms with van der Waals surface area (Å²) in [5, 5.41) is 23.7. The zero-order valence-corrected chi connectivity index (χ0v) is 46.1. The van der Waals surface area contributed by atoms with Crippen molar-refractivity contribution in [3.8, 4) is 11.5 Å². The number of unbranched alkanes of at least 4 members (excludes halogenated alkanes) is 1. The van der Waals surface area contributed by atoms with Gasteiger partial charge >= 0.3 is 18.3 Å². The molecule has 6 N–H and O–H groups in total. The quantitative estimate of drug-likeness (QED) is 0.0179. The highest BCUT2D eigenvalue weighted by molar-refractivity contribution is 6.78. The second-order valence-corrected chi connectivity index (χ2v) is 27.6. The Hall–Kier alpha value is -4.95. The molecule has 400 valence electrons. The number of anilines is 2. The molecule has 2 aromatic rings. The fourth-order valence-electron chi connectivity index (χ4n) is 9.32. The van der Waals surface area contributed by atoms with E-state index in [4.69, 9.17) is 58.2 Å². The van der Waals surface area contributed by atoms with Crippen molar-refractivity contribution in [1.29, 1.82) is 0 Å². The van der Waals surface area contributed by atoms with E-state index < -0.39 is 60.9 Å². The molecule has 1 saturated heterocycles. The minimum absolute atomic E-state index is 0.00286. The lowest BCUT2D eigenvalue weighted by molar-refractivity contribution is -0.128. The third-order valence-electron chi connectivity index (χ3n) is 13.1. The standard InChI is InChI=1S/C50H73Cl3N6O12Si/c1-11-22-68-48(66)58-42(30(2)3)44(62)56-38(14-12-13-21-54-46(64)70-29-50(51,52)53)43(61)55-35-17-15-34(16-18-35)27-69-47(65)57-39-24-41(71-72(31(4)5,32(6)7)33(8)9)40(67-10)23-37(39)45(63)59-28-49(19-20-49)25-36(59)26-60/h11,15-18,23-24,30-33,36,38,42,60H,1,12-14,19-22,25-29H2,2-10H3,(H,54,64)(H,55,61)(H,56,62)(H,57,65)(H,58,66)/t36-,38-,42-/m0/s1. The van der Waals surface area contributed by atoms with Crippen molar-refractivity contribution in [2.45, 2.75) is 139 Å². The minimum atomic E-state index is -2.55. The molecule has 18 nitrogen and oxygen atoms in total. The number of aliphatic hydroxyl groups excluding tert-OH is 1. The molecule has 1 spiro atoms. The number of aliphatic hydroxyl groups is 1. The Morgan fingerprint density at radius 1 is 0.847 bits per heavy atom. The first-order valence-corrected chi connectivity index (χ1v) is 27.6. The maximum Gasteiger partial charge on any atom is 0.411 e. The van der Waals surface area contributed by atoms with E-state index in [1.54, 1.807) is 55.1 Å². The summed E-state index contributed by atoms with van der Waals surface area (Å²) in [5.41, 5.74) is 1.92. The van der Waals surface area contributed by atoms with Crippen LogP contribution >= 0.6 is 34.8 Å². The molecule has 6 amide bonds. The van der Waals surface area contributed by atoms with Gasteiger partial charge in [-0.05, 0) is 90.2 Å². The molecule has 1 heterocycles. The van der Waals surface area contributed by atoms with E-state index in [0.717, 1.165) is 12.8 Å². The third kappa shape index (κ3) is 16.8. The zero-order chi connectivity index (χ0) is 53.6. The number of hydrogen-bond donors (Lipinski definition) is 6. The number of alkyl halides is 3. The van der Waals surface area contributed by atoms with Crippen molar-refractivity contribution in [2.75, 3.05) is 50.7 Å². The maximum absolute atomic E-state index is 14.4. The maximum atomic E-state index is 14.4. The summed E-state index contributed by atoms with van der Waals surface area (Å²) in [7, 11) is -1.03. The van der Waals surface area contributed by atoms with Gasteiger partial charge in [-0.15, -0.1) is 0 Å². The van der Waals surface area contributed by atoms with Crippen LogP contribution in [0.5, 0.6) is 11.5 Å². The van der Waals surface area contributed by atoms with Crippen LogP contribution in [0.15, 0.2) is 49.1 Å². The van der Waals surface area contributed by atoms with Gasteiger partial charge in [0.2, 0.25) is 15.6 Å². The van der Waals surface area contributed by atoms with Crippen LogP contribution in [0.3, 0.4) is 0 Å². The van der Waals surface area contributed by atoms with Crippen molar-refractivity contribution in [3.05, 3.63) is 60.2 Å². The number of methoxy groups -OCH3 is 1. The molecule has 1 aliphatic carbocycles. The van der Waals surface area contributed by atoms with E-state index in [0.29, 0.717) is 48.6 Å². The van der Waals surface area contributed by atoms with Crippen LogP contribution in [-0.2, 0) is 30.4 Å². The first-order valence-electron chi connectivity index (χ1n) is 24.4. The van der Waals surface area contributed by atoms with Gasteiger partial charge < -0.3 is 54.6 Å². The van der Waals surface area contributed by atoms with E-state index in [9.17, 15) is 33.9 Å². The van der Waals surface area contributed by atoms with Gasteiger partial charge in [0.1, 0.15) is 37.7 Å². The second kappa shape index (κ2) is 26.8. The number of hydrogen-bond acceptors (Lipinski definition) is 12. The Balaban J connectivity index is 1.50. The molecule has 2 aromatic carbocycles. The molecule has 0 unspecified atom stereocenters. The molecule has 4 rings (SSSR count). The fraction of sp³-hybridized carbons (Fsp3) is 0.600. The van der Waals surface area contributed by atoms with Crippen LogP contribution in [-0.4, -0.2) is 116 Å². The Labute approximate surface area is 439 Å². The van der Waals surface area contributed by atoms with Gasteiger partial charge in [0.25, 0.3) is 14.2 Å². The number of nitrogens with one attached hydrogen (secondary N) is 5. The highest BCUT2D eigenvalue weighted by atomic mass is 35.6. The minimum Gasteiger partial charge on any atom is -0.540 e. The normalized spacial score (nSPS) is 16.0. The second-order valence-electron chi connectivity index (χ2n) is 19.8. The molecule has 0 bridgehead atoms. The van der Waals surface area contributed by atoms with Crippen LogP contribution in [0, 0.1) is 11.3 Å². The summed E-state index contributed by atoms with van der Waals surface area (Å²) in [6.07, 6.45) is 2.48. The number of halogens is 3. The molecule has 0 aromatic heterocycles. The van der Waals surface area contributed by atoms with Crippen LogP contribution in [0.25, 0.3) is 0 Å². The molecule has 3 atom stereocenters. The Morgan fingerprint density at radius 2 is 1.50 bits per heavy atom. The third-order valence-corrected chi connectivity index (χ3v) is 19.5. The first-order chi connectivity index (χ1) is 33.9. The van der Waals surface area contributed by atoms with Crippen LogP contribution in [0.2, 0.25) is 16.6 Å². The summed E-state index contributed by atoms with van der Waals surface area (Å²) >= 11 is 16.9. The number of rotatable bonds is 25. The van der Waals surface area contributed by atoms with E-state index in [-0.39, 0.29) is 83.9 Å². The van der Waals surface area contributed by atoms with Crippen molar-refractivity contribution < 1.29 is 57.2 Å². The number of benzene rings is 2. The summed E-state index contributed by atoms with van der Waals surface area (Å²) < 4.78 is 26.7. The molecule has 1 saturated carbocycles. The van der Waals surface area contributed by atoms with E-state index in [1.807, 2.05) is 0 Å². The predicted molar refractivity (Wildman–Crippen MR) is 280 cm³/mol. The molecular formula is C50H73Cl3N6O12Si. The molecule has 22 heteroatoms. The number of nitrogens with zero attached hydrogens (tertiary/aromatic N) is 1. The predicted octanol–water partition coefficient (Wildman–Crippen LogP) is 9.61. The number of carbonyl (C=O) groups excluding carboxylic acids is 6. The number of likely N-dealkylation sites (tertiary alicyclic amines) is 1. The fourth-order valence-corrected chi connectivity index (χ4v) is 14.7. The monoisotopic (exact) mass is 1080 g/mol. The van der Waals surface area contributed by atoms with Crippen molar-refractivity contribution in [3.63, 3.8) is 0 Å². The van der Waals surface area contributed by atoms with Crippen molar-refractivity contribution in [1.82, 2.24) is 20.9 Å². The lowest BCUT2D eigenvalue weighted by Gasteiger charge is -2.42. The lowest BCUT2D eigenvalue weighted by Crippen LogP contribution is -2.54. The van der Waals surface area contributed by atoms with Crippen molar-refractivity contribution in [2.24, 2.45) is 11.3 Å². The number of carbonyl (C=O) groups is 6. The highest BCUT2D eigenvalue weighted by Gasteiger charge is 2.53. The van der Waals surface area contributed by atoms with E-state index >= 15 is 0 Å². The number of ether oxygens (including phenoxy) is 4. The van der Waals surface area contributed by atoms with E-state index in [2.05, 4.69) is 74.7 Å². The van der Waals surface area contributed by atoms with E-state index in [1.165, 1.54) is 13.2 Å². The van der Waals surface area contributed by atoms with Gasteiger partial charge in [-0.1, -0.05) is 115 Å². The van der Waals surface area contributed by atoms with Crippen LogP contribution in [0.1, 0.15) is 110 Å². The van der Waals surface area contributed by atoms with Gasteiger partial charge in [0.05, 0.1) is 31.0 Å². The summed E-state index contributed by atoms with van der Waals surface area (Å²) in [5.74, 6) is -1.17. The van der Waals surface area contributed by atoms with Crippen molar-refractivity contribution >= 4 is 90.5 Å². The molecule has 72 heavy (non-hydrogen) atoms. The van der Waals surface area contributed by atoms with Gasteiger partial charge in [0.15, 0.2) is 5.75 Å². The van der Waals surface area contributed by atoms with Gasteiger partial charge in [-0.25, -0.2) is 14.4 Å². The van der Waals surface area contributed by atoms with Crippen LogP contribution in [0.4, 0.5) is 25.8 Å². The van der Waals surface area contributed by atoms with Gasteiger partial charge in [0, 0.05) is 24.8 Å². The number of amides is 6. The molecule has 1 aliphatic heterocycles. The summed E-state index contributed by atoms with van der Waals surface area (Å²) in [6.45, 7) is 19.7. The number of alkyl carbamates (subject to hydrolysis) is 2. The Kier molecular flexibility index (Phi) is 22.2. The average Bonchev–Trinajstić information content (AvgIpc) is 3.98. The topological polar surface area (TPSA) is 232 Å². The lowest BCUT2D eigenvalue weighted by atomic mass is 10.0. The summed E-state index contributed by atoms with van der Waals surface area (Å²) in [4.78, 5) is 81.5. The van der Waals surface area contributed by atoms with Crippen LogP contribution < -0.4 is 35.7 Å². The smallest absolute Gasteiger partial charge is 0.411 e. The highest BCUT2D eigenvalue weighted by Crippen LogP contribution is 2.55. The molecule has 0 radical (unpaired) electrons. The SMILES string of the molecule is C=CCOC(=O)N[C@H](C(=O)N[C@@H](CCCCNC(=O)OCC(Cl)(Cl)Cl)C(=O)Nc1ccc(COC(=O)Nc2cc(O[Si](C(C)C)(C(C)C)C(C)C)c(OC)cc2C(=O)N2CC3(CC3)C[C@H]2CO)cc1)C(C)C. The average molecular weight is 1080 g/mol. The molecule has 2 fully saturated rings. The molecule has 2 aliphatic rings. The zero-order valence-electron chi connectivity index (χ0n) is 42.8. The Bertz CT molecular complexity index is 2180.